The number of hydrogen-bond donors (Lipinski definition) is 1. The topological polar surface area (TPSA) is 77.8 Å². The predicted octanol–water partition coefficient (Wildman–Crippen LogP) is 2.91. The average Bonchev–Trinajstić information content (AvgIpc) is 2.56. The number of fused-ring (bicyclic) bond motifs is 3. The van der Waals surface area contributed by atoms with E-state index in [-0.39, 0.29) is 24.0 Å². The van der Waals surface area contributed by atoms with Gasteiger partial charge in [-0.15, -0.1) is 0 Å². The van der Waals surface area contributed by atoms with Crippen molar-refractivity contribution in [3.8, 4) is 22.8 Å². The van der Waals surface area contributed by atoms with Crippen molar-refractivity contribution in [2.45, 2.75) is 33.2 Å². The minimum Gasteiger partial charge on any atom is -0.504 e. The van der Waals surface area contributed by atoms with Crippen LogP contribution in [0.15, 0.2) is 29.2 Å². The van der Waals surface area contributed by atoms with Crippen LogP contribution in [-0.2, 0) is 11.2 Å². The Bertz CT molecular complexity index is 884. The van der Waals surface area contributed by atoms with Crippen LogP contribution in [0.25, 0.3) is 11.3 Å². The van der Waals surface area contributed by atoms with Gasteiger partial charge in [-0.05, 0) is 44.9 Å². The SMILES string of the molecule is CCOC(=O)c1cn2c(cc1=O)-c1cc(O)c(OCC)cc1CC2C. The Hall–Kier alpha value is -2.76. The fraction of sp³-hybridized carbons (Fsp3) is 0.368. The number of nitrogens with zero attached hydrogens (tertiary/aromatic N) is 1. The predicted molar refractivity (Wildman–Crippen MR) is 93.3 cm³/mol. The normalized spacial score (nSPS) is 15.2. The van der Waals surface area contributed by atoms with Gasteiger partial charge in [0.2, 0.25) is 0 Å². The van der Waals surface area contributed by atoms with Crippen LogP contribution in [0.5, 0.6) is 11.5 Å². The Morgan fingerprint density at radius 1 is 1.28 bits per heavy atom. The average molecular weight is 343 g/mol. The molecule has 1 aromatic carbocycles. The third-order valence-electron chi connectivity index (χ3n) is 4.33. The maximum atomic E-state index is 12.4. The number of aromatic nitrogens is 1. The molecule has 6 nitrogen and oxygen atoms in total. The molecule has 0 bridgehead atoms. The molecule has 1 atom stereocenters. The van der Waals surface area contributed by atoms with E-state index >= 15 is 0 Å². The van der Waals surface area contributed by atoms with E-state index in [0.717, 1.165) is 11.1 Å². The summed E-state index contributed by atoms with van der Waals surface area (Å²) < 4.78 is 12.3. The van der Waals surface area contributed by atoms with Crippen LogP contribution >= 0.6 is 0 Å². The minimum absolute atomic E-state index is 0.0241. The van der Waals surface area contributed by atoms with Gasteiger partial charge in [0.15, 0.2) is 16.9 Å². The van der Waals surface area contributed by atoms with Crippen molar-refractivity contribution in [1.29, 1.82) is 0 Å². The Morgan fingerprint density at radius 3 is 2.72 bits per heavy atom. The molecule has 0 radical (unpaired) electrons. The molecule has 2 heterocycles. The lowest BCUT2D eigenvalue weighted by Gasteiger charge is -2.29. The molecule has 132 valence electrons. The number of carbonyl (C=O) groups is 1. The van der Waals surface area contributed by atoms with Crippen LogP contribution in [0.3, 0.4) is 0 Å². The zero-order valence-corrected chi connectivity index (χ0v) is 14.5. The van der Waals surface area contributed by atoms with Gasteiger partial charge in [-0.1, -0.05) is 0 Å². The molecule has 1 aliphatic rings. The van der Waals surface area contributed by atoms with E-state index in [9.17, 15) is 14.7 Å². The van der Waals surface area contributed by atoms with Crippen molar-refractivity contribution < 1.29 is 19.4 Å². The summed E-state index contributed by atoms with van der Waals surface area (Å²) in [6.07, 6.45) is 2.25. The van der Waals surface area contributed by atoms with Gasteiger partial charge in [0.25, 0.3) is 0 Å². The number of phenols is 1. The highest BCUT2D eigenvalue weighted by Crippen LogP contribution is 2.40. The largest absolute Gasteiger partial charge is 0.504 e. The lowest BCUT2D eigenvalue weighted by atomic mass is 9.92. The quantitative estimate of drug-likeness (QED) is 0.864. The first-order valence-electron chi connectivity index (χ1n) is 8.38. The Labute approximate surface area is 145 Å². The van der Waals surface area contributed by atoms with Crippen LogP contribution in [-0.4, -0.2) is 28.9 Å². The Kier molecular flexibility index (Phi) is 4.53. The second kappa shape index (κ2) is 6.63. The molecular formula is C19H21NO5. The van der Waals surface area contributed by atoms with Gasteiger partial charge in [0, 0.05) is 23.9 Å². The molecule has 1 aromatic heterocycles. The standard InChI is InChI=1S/C19H21NO5/c1-4-24-18-7-12-6-11(3)20-10-14(19(23)25-5-2)16(21)9-15(20)13(12)8-17(18)22/h7-11,22H,4-6H2,1-3H3. The van der Waals surface area contributed by atoms with E-state index in [1.807, 2.05) is 24.5 Å². The van der Waals surface area contributed by atoms with E-state index in [1.54, 1.807) is 19.2 Å². The minimum atomic E-state index is -0.615. The van der Waals surface area contributed by atoms with Crippen molar-refractivity contribution in [1.82, 2.24) is 4.57 Å². The van der Waals surface area contributed by atoms with Gasteiger partial charge < -0.3 is 19.1 Å². The van der Waals surface area contributed by atoms with Crippen LogP contribution < -0.4 is 10.2 Å². The number of hydrogen-bond acceptors (Lipinski definition) is 5. The van der Waals surface area contributed by atoms with Crippen LogP contribution in [0, 0.1) is 0 Å². The number of carbonyl (C=O) groups excluding carboxylic acids is 1. The molecule has 1 N–H and O–H groups in total. The van der Waals surface area contributed by atoms with Gasteiger partial charge in [0.1, 0.15) is 5.56 Å². The van der Waals surface area contributed by atoms with Crippen molar-refractivity contribution in [3.05, 3.63) is 45.7 Å². The summed E-state index contributed by atoms with van der Waals surface area (Å²) in [5.74, 6) is -0.147. The highest BCUT2D eigenvalue weighted by Gasteiger charge is 2.25. The molecule has 3 rings (SSSR count). The molecule has 25 heavy (non-hydrogen) atoms. The number of pyridine rings is 1. The zero-order chi connectivity index (χ0) is 18.1. The smallest absolute Gasteiger partial charge is 0.343 e. The Balaban J connectivity index is 2.15. The number of phenolic OH excluding ortho intramolecular Hbond substituents is 1. The van der Waals surface area contributed by atoms with Crippen molar-refractivity contribution in [3.63, 3.8) is 0 Å². The lowest BCUT2D eigenvalue weighted by Crippen LogP contribution is -2.25. The first kappa shape index (κ1) is 17.1. The van der Waals surface area contributed by atoms with Crippen LogP contribution in [0.1, 0.15) is 42.7 Å². The van der Waals surface area contributed by atoms with E-state index in [4.69, 9.17) is 9.47 Å². The number of esters is 1. The lowest BCUT2D eigenvalue weighted by molar-refractivity contribution is 0.0523. The second-order valence-corrected chi connectivity index (χ2v) is 6.03. The molecule has 0 saturated carbocycles. The van der Waals surface area contributed by atoms with Crippen molar-refractivity contribution in [2.75, 3.05) is 13.2 Å². The molecule has 2 aromatic rings. The van der Waals surface area contributed by atoms with Crippen LogP contribution in [0.4, 0.5) is 0 Å². The second-order valence-electron chi connectivity index (χ2n) is 6.03. The molecule has 0 aliphatic carbocycles. The third-order valence-corrected chi connectivity index (χ3v) is 4.33. The Morgan fingerprint density at radius 2 is 2.04 bits per heavy atom. The maximum absolute atomic E-state index is 12.4. The van der Waals surface area contributed by atoms with Gasteiger partial charge >= 0.3 is 5.97 Å². The first-order chi connectivity index (χ1) is 12.0. The fourth-order valence-corrected chi connectivity index (χ4v) is 3.20. The van der Waals surface area contributed by atoms with Gasteiger partial charge in [-0.2, -0.15) is 0 Å². The number of rotatable bonds is 4. The summed E-state index contributed by atoms with van der Waals surface area (Å²) >= 11 is 0. The maximum Gasteiger partial charge on any atom is 0.343 e. The summed E-state index contributed by atoms with van der Waals surface area (Å²) in [4.78, 5) is 24.4. The molecule has 0 spiro atoms. The molecular weight excluding hydrogens is 322 g/mol. The highest BCUT2D eigenvalue weighted by atomic mass is 16.5. The zero-order valence-electron chi connectivity index (χ0n) is 14.5. The molecule has 1 aliphatic heterocycles. The summed E-state index contributed by atoms with van der Waals surface area (Å²) in [6, 6.07) is 4.91. The molecule has 0 saturated heterocycles. The monoisotopic (exact) mass is 343 g/mol. The highest BCUT2D eigenvalue weighted by molar-refractivity contribution is 5.89. The molecule has 0 fully saturated rings. The molecule has 0 amide bonds. The van der Waals surface area contributed by atoms with Crippen molar-refractivity contribution >= 4 is 5.97 Å². The summed E-state index contributed by atoms with van der Waals surface area (Å²) in [7, 11) is 0. The fourth-order valence-electron chi connectivity index (χ4n) is 3.20. The van der Waals surface area contributed by atoms with E-state index in [2.05, 4.69) is 0 Å². The van der Waals surface area contributed by atoms with E-state index < -0.39 is 11.4 Å². The molecule has 1 unspecified atom stereocenters. The number of ether oxygens (including phenoxy) is 2. The van der Waals surface area contributed by atoms with Gasteiger partial charge in [-0.3, -0.25) is 4.79 Å². The number of benzene rings is 1. The van der Waals surface area contributed by atoms with Crippen LogP contribution in [0.2, 0.25) is 0 Å². The van der Waals surface area contributed by atoms with Gasteiger partial charge in [-0.25, -0.2) is 4.79 Å². The van der Waals surface area contributed by atoms with E-state index in [1.165, 1.54) is 6.07 Å². The third kappa shape index (κ3) is 2.99. The molecule has 6 heteroatoms. The van der Waals surface area contributed by atoms with Gasteiger partial charge in [0.05, 0.1) is 18.9 Å². The van der Waals surface area contributed by atoms with E-state index in [0.29, 0.717) is 24.5 Å². The summed E-state index contributed by atoms with van der Waals surface area (Å²) in [5.41, 5.74) is 2.07. The summed E-state index contributed by atoms with van der Waals surface area (Å²) in [6.45, 7) is 6.24. The van der Waals surface area contributed by atoms with Crippen molar-refractivity contribution in [2.24, 2.45) is 0 Å². The number of aromatic hydroxyl groups is 1. The first-order valence-corrected chi connectivity index (χ1v) is 8.38. The summed E-state index contributed by atoms with van der Waals surface area (Å²) in [5, 5.41) is 10.2.